The molecule has 3 aromatic heterocycles. The van der Waals surface area contributed by atoms with E-state index in [1.165, 1.54) is 0 Å². The molecule has 0 aliphatic rings. The van der Waals surface area contributed by atoms with Gasteiger partial charge in [-0.05, 0) is 23.3 Å². The Morgan fingerprint density at radius 2 is 1.29 bits per heavy atom. The Morgan fingerprint density at radius 3 is 1.96 bits per heavy atom. The first-order chi connectivity index (χ1) is 13.8. The summed E-state index contributed by atoms with van der Waals surface area (Å²) in [5, 5.41) is 5.54. The highest BCUT2D eigenvalue weighted by atomic mass is 15.3. The monoisotopic (exact) mass is 362 g/mol. The average molecular weight is 362 g/mol. The van der Waals surface area contributed by atoms with E-state index in [1.807, 2.05) is 66.7 Å². The normalized spacial score (nSPS) is 11.0. The van der Waals surface area contributed by atoms with Crippen molar-refractivity contribution in [3.05, 3.63) is 91.4 Å². The van der Waals surface area contributed by atoms with Crippen molar-refractivity contribution in [2.45, 2.75) is 0 Å². The molecular formula is C24H18N4. The number of rotatable bonds is 3. The molecule has 0 aliphatic heterocycles. The number of pyridine rings is 2. The molecule has 0 fully saturated rings. The summed E-state index contributed by atoms with van der Waals surface area (Å²) in [6.45, 7) is 0. The van der Waals surface area contributed by atoms with Crippen LogP contribution in [-0.4, -0.2) is 19.7 Å². The van der Waals surface area contributed by atoms with Gasteiger partial charge in [0.15, 0.2) is 5.65 Å². The number of benzene rings is 2. The van der Waals surface area contributed by atoms with Gasteiger partial charge in [-0.15, -0.1) is 0 Å². The second-order valence-corrected chi connectivity index (χ2v) is 6.68. The molecule has 0 amide bonds. The fraction of sp³-hybridized carbons (Fsp3) is 0.0417. The quantitative estimate of drug-likeness (QED) is 0.434. The van der Waals surface area contributed by atoms with Crippen LogP contribution in [0.1, 0.15) is 0 Å². The van der Waals surface area contributed by atoms with Crippen LogP contribution in [0.4, 0.5) is 0 Å². The number of aryl methyl sites for hydroxylation is 1. The van der Waals surface area contributed by atoms with Gasteiger partial charge >= 0.3 is 0 Å². The molecule has 0 unspecified atom stereocenters. The van der Waals surface area contributed by atoms with Crippen molar-refractivity contribution in [3.63, 3.8) is 0 Å². The Bertz CT molecular complexity index is 1240. The highest BCUT2D eigenvalue weighted by Gasteiger charge is 2.21. The van der Waals surface area contributed by atoms with Crippen molar-refractivity contribution in [3.8, 4) is 33.5 Å². The van der Waals surface area contributed by atoms with Crippen molar-refractivity contribution < 1.29 is 0 Å². The van der Waals surface area contributed by atoms with Crippen LogP contribution in [0.25, 0.3) is 44.5 Å². The van der Waals surface area contributed by atoms with Crippen molar-refractivity contribution >= 4 is 11.0 Å². The summed E-state index contributed by atoms with van der Waals surface area (Å²) in [7, 11) is 1.94. The minimum absolute atomic E-state index is 0.871. The predicted octanol–water partition coefficient (Wildman–Crippen LogP) is 5.36. The predicted molar refractivity (Wildman–Crippen MR) is 113 cm³/mol. The number of aromatic nitrogens is 4. The summed E-state index contributed by atoms with van der Waals surface area (Å²) in [4.78, 5) is 9.25. The molecule has 28 heavy (non-hydrogen) atoms. The number of hydrogen-bond donors (Lipinski definition) is 0. The van der Waals surface area contributed by atoms with Gasteiger partial charge in [-0.2, -0.15) is 5.10 Å². The molecule has 4 heteroatoms. The summed E-state index contributed by atoms with van der Waals surface area (Å²) in [5.74, 6) is 0. The van der Waals surface area contributed by atoms with Gasteiger partial charge in [0.25, 0.3) is 0 Å². The summed E-state index contributed by atoms with van der Waals surface area (Å²) >= 11 is 0. The van der Waals surface area contributed by atoms with Gasteiger partial charge in [0.1, 0.15) is 0 Å². The molecule has 5 aromatic rings. The minimum Gasteiger partial charge on any atom is -0.265 e. The molecule has 0 saturated heterocycles. The zero-order chi connectivity index (χ0) is 18.9. The Kier molecular flexibility index (Phi) is 3.95. The third kappa shape index (κ3) is 2.67. The van der Waals surface area contributed by atoms with E-state index in [0.717, 1.165) is 44.5 Å². The zero-order valence-corrected chi connectivity index (χ0v) is 15.4. The van der Waals surface area contributed by atoms with Crippen LogP contribution in [0.2, 0.25) is 0 Å². The zero-order valence-electron chi connectivity index (χ0n) is 15.4. The maximum atomic E-state index is 5.05. The van der Waals surface area contributed by atoms with Crippen LogP contribution in [-0.2, 0) is 7.05 Å². The average Bonchev–Trinajstić information content (AvgIpc) is 3.15. The summed E-state index contributed by atoms with van der Waals surface area (Å²) in [5.41, 5.74) is 7.37. The minimum atomic E-state index is 0.871. The van der Waals surface area contributed by atoms with E-state index in [0.29, 0.717) is 0 Å². The summed E-state index contributed by atoms with van der Waals surface area (Å²) < 4.78 is 1.84. The van der Waals surface area contributed by atoms with Crippen molar-refractivity contribution in [2.24, 2.45) is 7.05 Å². The third-order valence-electron chi connectivity index (χ3n) is 4.96. The second kappa shape index (κ2) is 6.74. The van der Waals surface area contributed by atoms with E-state index in [1.54, 1.807) is 0 Å². The van der Waals surface area contributed by atoms with Crippen LogP contribution in [0.15, 0.2) is 91.4 Å². The van der Waals surface area contributed by atoms with Gasteiger partial charge in [0, 0.05) is 41.5 Å². The fourth-order valence-electron chi connectivity index (χ4n) is 3.66. The topological polar surface area (TPSA) is 43.6 Å². The Labute approximate surface area is 163 Å². The molecule has 0 saturated carbocycles. The highest BCUT2D eigenvalue weighted by molar-refractivity contribution is 6.05. The van der Waals surface area contributed by atoms with Gasteiger partial charge in [-0.25, -0.2) is 4.98 Å². The summed E-state index contributed by atoms with van der Waals surface area (Å²) in [6, 6.07) is 24.8. The summed E-state index contributed by atoms with van der Waals surface area (Å²) in [6.07, 6.45) is 5.56. The molecular weight excluding hydrogens is 344 g/mol. The molecule has 134 valence electrons. The van der Waals surface area contributed by atoms with Gasteiger partial charge in [0.05, 0.1) is 11.9 Å². The maximum absolute atomic E-state index is 5.05. The van der Waals surface area contributed by atoms with Gasteiger partial charge in [-0.1, -0.05) is 60.7 Å². The van der Waals surface area contributed by atoms with E-state index < -0.39 is 0 Å². The van der Waals surface area contributed by atoms with Crippen LogP contribution >= 0.6 is 0 Å². The standard InChI is InChI=1S/C24H18N4/c1-28-24-20(16-26-28)21(17-8-4-2-5-9-17)22(18-12-14-25-15-13-18)23(27-24)19-10-6-3-7-11-19/h2-16H,1H3. The van der Waals surface area contributed by atoms with E-state index in [4.69, 9.17) is 4.98 Å². The maximum Gasteiger partial charge on any atom is 0.158 e. The van der Waals surface area contributed by atoms with Gasteiger partial charge in [-0.3, -0.25) is 9.67 Å². The first-order valence-corrected chi connectivity index (χ1v) is 9.20. The van der Waals surface area contributed by atoms with Crippen molar-refractivity contribution in [1.82, 2.24) is 19.7 Å². The molecule has 4 nitrogen and oxygen atoms in total. The first kappa shape index (κ1) is 16.4. The molecule has 0 N–H and O–H groups in total. The van der Waals surface area contributed by atoms with Crippen molar-refractivity contribution in [1.29, 1.82) is 0 Å². The van der Waals surface area contributed by atoms with E-state index in [2.05, 4.69) is 46.5 Å². The Morgan fingerprint density at radius 1 is 0.679 bits per heavy atom. The lowest BCUT2D eigenvalue weighted by Crippen LogP contribution is -1.98. The molecule has 5 rings (SSSR count). The Balaban J connectivity index is 1.98. The lowest BCUT2D eigenvalue weighted by atomic mass is 9.90. The lowest BCUT2D eigenvalue weighted by molar-refractivity contribution is 0.787. The highest BCUT2D eigenvalue weighted by Crippen LogP contribution is 2.42. The number of hydrogen-bond acceptors (Lipinski definition) is 3. The molecule has 0 spiro atoms. The van der Waals surface area contributed by atoms with E-state index in [9.17, 15) is 0 Å². The van der Waals surface area contributed by atoms with Gasteiger partial charge < -0.3 is 0 Å². The van der Waals surface area contributed by atoms with Crippen LogP contribution in [0.3, 0.4) is 0 Å². The largest absolute Gasteiger partial charge is 0.265 e. The van der Waals surface area contributed by atoms with Crippen molar-refractivity contribution in [2.75, 3.05) is 0 Å². The third-order valence-corrected chi connectivity index (χ3v) is 4.96. The van der Waals surface area contributed by atoms with E-state index >= 15 is 0 Å². The molecule has 0 bridgehead atoms. The molecule has 3 heterocycles. The molecule has 0 radical (unpaired) electrons. The first-order valence-electron chi connectivity index (χ1n) is 9.20. The fourth-order valence-corrected chi connectivity index (χ4v) is 3.66. The molecule has 2 aromatic carbocycles. The SMILES string of the molecule is Cn1ncc2c(-c3ccccc3)c(-c3ccncc3)c(-c3ccccc3)nc21. The van der Waals surface area contributed by atoms with Gasteiger partial charge in [0.2, 0.25) is 0 Å². The number of fused-ring (bicyclic) bond motifs is 1. The van der Waals surface area contributed by atoms with Crippen LogP contribution in [0.5, 0.6) is 0 Å². The lowest BCUT2D eigenvalue weighted by Gasteiger charge is -2.17. The number of nitrogens with zero attached hydrogens (tertiary/aromatic N) is 4. The van der Waals surface area contributed by atoms with Crippen LogP contribution in [0, 0.1) is 0 Å². The smallest absolute Gasteiger partial charge is 0.158 e. The second-order valence-electron chi connectivity index (χ2n) is 6.68. The Hall–Kier alpha value is -3.79. The van der Waals surface area contributed by atoms with E-state index in [-0.39, 0.29) is 0 Å². The molecule has 0 aliphatic carbocycles. The van der Waals surface area contributed by atoms with Crippen LogP contribution < -0.4 is 0 Å². The molecule has 0 atom stereocenters.